The van der Waals surface area contributed by atoms with Crippen molar-refractivity contribution < 1.29 is 0 Å². The SMILES string of the molecule is CCC(CC)C(NC)c1cccc(C)c1Br. The van der Waals surface area contributed by atoms with Crippen molar-refractivity contribution in [1.29, 1.82) is 0 Å². The summed E-state index contributed by atoms with van der Waals surface area (Å²) in [5.41, 5.74) is 2.69. The zero-order valence-electron chi connectivity index (χ0n) is 10.7. The highest BCUT2D eigenvalue weighted by atomic mass is 79.9. The minimum absolute atomic E-state index is 0.448. The molecule has 0 spiro atoms. The molecule has 2 heteroatoms. The van der Waals surface area contributed by atoms with Gasteiger partial charge in [0.2, 0.25) is 0 Å². The highest BCUT2D eigenvalue weighted by Crippen LogP contribution is 2.33. The zero-order chi connectivity index (χ0) is 12.1. The third-order valence-electron chi connectivity index (χ3n) is 3.39. The number of nitrogens with one attached hydrogen (secondary N) is 1. The van der Waals surface area contributed by atoms with Gasteiger partial charge in [-0.3, -0.25) is 0 Å². The van der Waals surface area contributed by atoms with Crippen molar-refractivity contribution in [3.05, 3.63) is 33.8 Å². The molecule has 90 valence electrons. The second kappa shape index (κ2) is 6.41. The number of hydrogen-bond acceptors (Lipinski definition) is 1. The van der Waals surface area contributed by atoms with E-state index in [0.29, 0.717) is 12.0 Å². The smallest absolute Gasteiger partial charge is 0.0357 e. The Balaban J connectivity index is 3.07. The number of hydrogen-bond donors (Lipinski definition) is 1. The molecule has 0 aromatic heterocycles. The molecule has 0 fully saturated rings. The van der Waals surface area contributed by atoms with Gasteiger partial charge in [-0.2, -0.15) is 0 Å². The van der Waals surface area contributed by atoms with Crippen LogP contribution in [0.1, 0.15) is 43.9 Å². The minimum Gasteiger partial charge on any atom is -0.313 e. The summed E-state index contributed by atoms with van der Waals surface area (Å²) in [6, 6.07) is 6.95. The molecular formula is C14H22BrN. The van der Waals surface area contributed by atoms with Gasteiger partial charge in [0.15, 0.2) is 0 Å². The summed E-state index contributed by atoms with van der Waals surface area (Å²) >= 11 is 3.71. The molecule has 0 aliphatic rings. The molecular weight excluding hydrogens is 262 g/mol. The maximum absolute atomic E-state index is 3.71. The van der Waals surface area contributed by atoms with E-state index >= 15 is 0 Å². The fourth-order valence-corrected chi connectivity index (χ4v) is 2.83. The molecule has 0 aliphatic carbocycles. The van der Waals surface area contributed by atoms with Crippen molar-refractivity contribution in [2.24, 2.45) is 5.92 Å². The molecule has 16 heavy (non-hydrogen) atoms. The first kappa shape index (κ1) is 13.7. The molecule has 0 heterocycles. The molecule has 1 atom stereocenters. The van der Waals surface area contributed by atoms with Crippen LogP contribution in [0.3, 0.4) is 0 Å². The molecule has 0 saturated heterocycles. The van der Waals surface area contributed by atoms with Crippen LogP contribution in [0.5, 0.6) is 0 Å². The molecule has 1 N–H and O–H groups in total. The van der Waals surface area contributed by atoms with Crippen molar-refractivity contribution in [2.45, 2.75) is 39.7 Å². The van der Waals surface area contributed by atoms with Gasteiger partial charge in [0.25, 0.3) is 0 Å². The number of aryl methyl sites for hydroxylation is 1. The van der Waals surface area contributed by atoms with Crippen LogP contribution >= 0.6 is 15.9 Å². The fourth-order valence-electron chi connectivity index (χ4n) is 2.32. The van der Waals surface area contributed by atoms with Gasteiger partial charge < -0.3 is 5.32 Å². The van der Waals surface area contributed by atoms with E-state index in [9.17, 15) is 0 Å². The second-order valence-electron chi connectivity index (χ2n) is 4.32. The van der Waals surface area contributed by atoms with Crippen LogP contribution in [0, 0.1) is 12.8 Å². The second-order valence-corrected chi connectivity index (χ2v) is 5.11. The monoisotopic (exact) mass is 283 g/mol. The maximum atomic E-state index is 3.71. The Morgan fingerprint density at radius 3 is 2.38 bits per heavy atom. The Labute approximate surface area is 108 Å². The van der Waals surface area contributed by atoms with Crippen LogP contribution in [0.2, 0.25) is 0 Å². The Hall–Kier alpha value is -0.340. The lowest BCUT2D eigenvalue weighted by molar-refractivity contribution is 0.358. The minimum atomic E-state index is 0.448. The summed E-state index contributed by atoms with van der Waals surface area (Å²) in [5, 5.41) is 3.46. The zero-order valence-corrected chi connectivity index (χ0v) is 12.3. The van der Waals surface area contributed by atoms with Gasteiger partial charge >= 0.3 is 0 Å². The van der Waals surface area contributed by atoms with E-state index in [0.717, 1.165) is 0 Å². The van der Waals surface area contributed by atoms with Gasteiger partial charge in [0.05, 0.1) is 0 Å². The molecule has 0 saturated carbocycles. The lowest BCUT2D eigenvalue weighted by atomic mass is 9.88. The van der Waals surface area contributed by atoms with Gasteiger partial charge in [-0.25, -0.2) is 0 Å². The van der Waals surface area contributed by atoms with Crippen molar-refractivity contribution in [3.8, 4) is 0 Å². The van der Waals surface area contributed by atoms with E-state index in [1.165, 1.54) is 28.4 Å². The van der Waals surface area contributed by atoms with Crippen molar-refractivity contribution in [1.82, 2.24) is 5.32 Å². The van der Waals surface area contributed by atoms with Crippen molar-refractivity contribution >= 4 is 15.9 Å². The van der Waals surface area contributed by atoms with Gasteiger partial charge in [-0.1, -0.05) is 60.8 Å². The molecule has 0 amide bonds. The van der Waals surface area contributed by atoms with Crippen LogP contribution < -0.4 is 5.32 Å². The van der Waals surface area contributed by atoms with Gasteiger partial charge in [0.1, 0.15) is 0 Å². The summed E-state index contributed by atoms with van der Waals surface area (Å²) in [6.45, 7) is 6.68. The third kappa shape index (κ3) is 2.86. The van der Waals surface area contributed by atoms with Gasteiger partial charge in [-0.05, 0) is 31.0 Å². The van der Waals surface area contributed by atoms with Crippen LogP contribution in [0.25, 0.3) is 0 Å². The Bertz CT molecular complexity index is 332. The normalized spacial score (nSPS) is 13.1. The average molecular weight is 284 g/mol. The van der Waals surface area contributed by atoms with Crippen molar-refractivity contribution in [3.63, 3.8) is 0 Å². The standard InChI is InChI=1S/C14H22BrN/c1-5-11(6-2)14(16-4)12-9-7-8-10(3)13(12)15/h7-9,11,14,16H,5-6H2,1-4H3. The predicted molar refractivity (Wildman–Crippen MR) is 74.8 cm³/mol. The summed E-state index contributed by atoms with van der Waals surface area (Å²) in [5.74, 6) is 0.697. The van der Waals surface area contributed by atoms with Crippen LogP contribution in [-0.4, -0.2) is 7.05 Å². The predicted octanol–water partition coefficient (Wildman–Crippen LogP) is 4.45. The van der Waals surface area contributed by atoms with Gasteiger partial charge in [0, 0.05) is 10.5 Å². The first-order chi connectivity index (χ1) is 7.65. The van der Waals surface area contributed by atoms with E-state index in [4.69, 9.17) is 0 Å². The highest BCUT2D eigenvalue weighted by molar-refractivity contribution is 9.10. The van der Waals surface area contributed by atoms with E-state index in [2.05, 4.69) is 67.3 Å². The average Bonchev–Trinajstić information content (AvgIpc) is 2.30. The summed E-state index contributed by atoms with van der Waals surface area (Å²) < 4.78 is 1.25. The first-order valence-electron chi connectivity index (χ1n) is 6.07. The summed E-state index contributed by atoms with van der Waals surface area (Å²) in [6.07, 6.45) is 2.42. The van der Waals surface area contributed by atoms with Crippen molar-refractivity contribution in [2.75, 3.05) is 7.05 Å². The largest absolute Gasteiger partial charge is 0.313 e. The Morgan fingerprint density at radius 1 is 1.25 bits per heavy atom. The fraction of sp³-hybridized carbons (Fsp3) is 0.571. The Morgan fingerprint density at radius 2 is 1.88 bits per heavy atom. The van der Waals surface area contributed by atoms with Crippen LogP contribution in [0.15, 0.2) is 22.7 Å². The molecule has 1 unspecified atom stereocenters. The van der Waals surface area contributed by atoms with E-state index < -0.39 is 0 Å². The molecule has 0 radical (unpaired) electrons. The summed E-state index contributed by atoms with van der Waals surface area (Å²) in [4.78, 5) is 0. The number of benzene rings is 1. The summed E-state index contributed by atoms with van der Waals surface area (Å²) in [7, 11) is 2.05. The lowest BCUT2D eigenvalue weighted by Crippen LogP contribution is -2.25. The van der Waals surface area contributed by atoms with E-state index in [-0.39, 0.29) is 0 Å². The quantitative estimate of drug-likeness (QED) is 0.842. The molecule has 1 rings (SSSR count). The highest BCUT2D eigenvalue weighted by Gasteiger charge is 2.20. The topological polar surface area (TPSA) is 12.0 Å². The molecule has 0 aliphatic heterocycles. The Kier molecular flexibility index (Phi) is 5.50. The first-order valence-corrected chi connectivity index (χ1v) is 6.87. The molecule has 1 nitrogen and oxygen atoms in total. The lowest BCUT2D eigenvalue weighted by Gasteiger charge is -2.26. The molecule has 1 aromatic carbocycles. The van der Waals surface area contributed by atoms with Gasteiger partial charge in [-0.15, -0.1) is 0 Å². The van der Waals surface area contributed by atoms with E-state index in [1.807, 2.05) is 0 Å². The van der Waals surface area contributed by atoms with E-state index in [1.54, 1.807) is 0 Å². The maximum Gasteiger partial charge on any atom is 0.0357 e. The number of rotatable bonds is 5. The molecule has 1 aromatic rings. The van der Waals surface area contributed by atoms with Crippen LogP contribution in [0.4, 0.5) is 0 Å². The molecule has 0 bridgehead atoms. The van der Waals surface area contributed by atoms with Crippen LogP contribution in [-0.2, 0) is 0 Å². The third-order valence-corrected chi connectivity index (χ3v) is 4.47. The number of halogens is 1.